The van der Waals surface area contributed by atoms with Crippen LogP contribution in [-0.2, 0) is 42.9 Å². The molecule has 2 bridgehead atoms. The maximum atomic E-state index is 14.5. The van der Waals surface area contributed by atoms with Gasteiger partial charge in [-0.25, -0.2) is 4.79 Å². The van der Waals surface area contributed by atoms with E-state index in [1.165, 1.54) is 4.90 Å². The number of aliphatic hydroxyl groups excluding tert-OH is 3. The molecule has 4 rings (SSSR count). The van der Waals surface area contributed by atoms with E-state index in [0.29, 0.717) is 69.8 Å². The van der Waals surface area contributed by atoms with E-state index in [-0.39, 0.29) is 43.9 Å². The summed E-state index contributed by atoms with van der Waals surface area (Å²) in [7, 11) is 3.13. The summed E-state index contributed by atoms with van der Waals surface area (Å²) in [6, 6.07) is -1.85. The highest BCUT2D eigenvalue weighted by Crippen LogP contribution is 2.37. The number of carbonyl (C=O) groups is 4. The van der Waals surface area contributed by atoms with Crippen LogP contribution in [0, 0.1) is 29.6 Å². The van der Waals surface area contributed by atoms with Crippen molar-refractivity contribution >= 4 is 23.4 Å². The number of ketones is 2. The van der Waals surface area contributed by atoms with Gasteiger partial charge in [-0.05, 0) is 108 Å². The molecule has 0 unspecified atom stereocenters. The van der Waals surface area contributed by atoms with Gasteiger partial charge in [0, 0.05) is 64.0 Å². The first-order chi connectivity index (χ1) is 31.2. The first-order valence-corrected chi connectivity index (χ1v) is 24.4. The Balaban J connectivity index is 1.72. The number of aliphatic hydroxyl groups is 4. The summed E-state index contributed by atoms with van der Waals surface area (Å²) in [6.07, 6.45) is 9.89. The van der Waals surface area contributed by atoms with Gasteiger partial charge in [0.2, 0.25) is 5.79 Å². The molecule has 0 aromatic heterocycles. The number of Topliss-reactive ketones (excluding diaryl/α,β-unsaturated/α-hetero) is 2. The van der Waals surface area contributed by atoms with Crippen molar-refractivity contribution in [3.05, 3.63) is 47.6 Å². The second kappa shape index (κ2) is 26.0. The van der Waals surface area contributed by atoms with E-state index in [4.69, 9.17) is 29.4 Å². The minimum absolute atomic E-state index is 0.0196. The topological polar surface area (TPSA) is 225 Å². The number of methoxy groups -OCH3 is 2. The molecular formula is C51H82N2O13. The Morgan fingerprint density at radius 3 is 2.26 bits per heavy atom. The number of hydrogen-bond acceptors (Lipinski definition) is 14. The zero-order chi connectivity index (χ0) is 48.9. The number of hydrogen-bond donors (Lipinski definition) is 5. The lowest BCUT2D eigenvalue weighted by molar-refractivity contribution is -0.265. The lowest BCUT2D eigenvalue weighted by Crippen LogP contribution is -2.61. The standard InChI is InChI=1S/C51H82N2O13/c1-10-64-42-29-43(38(52)26-36-20-22-40(54)44(27-36)63-9)65-50(60)39-18-14-15-23-53(39)49(59)48(58)51(61)35(7)19-21-37(66-51)28-41(62-8)31(3)17-13-11-12-16-30(2)24-33(5)45(55)47(57)46(56)34(6)25-32(42)4/h11-13,16-17,25,30,32-33,35-44,46-47,54,56-57,61H,10,14-15,18-24,26-29,52H2,1-9H3/b13-11+,16-12+,31-17+,34-25+/t30-,32-,33-,35-,36+,37+,38-,39+,40-,41+,42-,43+,44-,46-,47+,51-/m1/s1. The molecule has 4 aliphatic rings. The molecule has 6 N–H and O–H groups in total. The summed E-state index contributed by atoms with van der Waals surface area (Å²) in [5.41, 5.74) is 8.23. The van der Waals surface area contributed by atoms with E-state index in [1.807, 2.05) is 58.1 Å². The molecule has 3 heterocycles. The lowest BCUT2D eigenvalue weighted by atomic mass is 9.80. The normalized spacial score (nSPS) is 41.1. The molecule has 15 heteroatoms. The molecule has 1 amide bonds. The maximum absolute atomic E-state index is 14.5. The number of allylic oxidation sites excluding steroid dienone is 5. The number of esters is 1. The van der Waals surface area contributed by atoms with Crippen molar-refractivity contribution in [2.45, 2.75) is 192 Å². The Morgan fingerprint density at radius 2 is 1.58 bits per heavy atom. The van der Waals surface area contributed by atoms with Gasteiger partial charge in [0.05, 0.1) is 30.5 Å². The van der Waals surface area contributed by atoms with E-state index in [9.17, 15) is 39.6 Å². The van der Waals surface area contributed by atoms with Crippen molar-refractivity contribution in [2.75, 3.05) is 27.4 Å². The van der Waals surface area contributed by atoms with Gasteiger partial charge in [-0.1, -0.05) is 64.2 Å². The number of ether oxygens (including phenoxy) is 5. The highest BCUT2D eigenvalue weighted by Gasteiger charge is 2.53. The van der Waals surface area contributed by atoms with Gasteiger partial charge < -0.3 is 54.7 Å². The van der Waals surface area contributed by atoms with Gasteiger partial charge in [0.25, 0.3) is 11.7 Å². The molecule has 0 spiro atoms. The Kier molecular flexibility index (Phi) is 21.9. The van der Waals surface area contributed by atoms with Gasteiger partial charge in [0.15, 0.2) is 5.78 Å². The molecule has 374 valence electrons. The van der Waals surface area contributed by atoms with Gasteiger partial charge >= 0.3 is 5.97 Å². The molecule has 66 heavy (non-hydrogen) atoms. The van der Waals surface area contributed by atoms with E-state index in [2.05, 4.69) is 0 Å². The van der Waals surface area contributed by atoms with Crippen LogP contribution in [0.5, 0.6) is 0 Å². The number of nitrogens with two attached hydrogens (primary N) is 1. The minimum Gasteiger partial charge on any atom is -0.459 e. The Hall–Kier alpha value is -3.12. The van der Waals surface area contributed by atoms with E-state index in [1.54, 1.807) is 41.1 Å². The minimum atomic E-state index is -2.43. The predicted molar refractivity (Wildman–Crippen MR) is 250 cm³/mol. The van der Waals surface area contributed by atoms with E-state index < -0.39 is 102 Å². The lowest BCUT2D eigenvalue weighted by Gasteiger charge is -2.43. The second-order valence-corrected chi connectivity index (χ2v) is 19.7. The molecule has 3 aliphatic heterocycles. The third-order valence-corrected chi connectivity index (χ3v) is 14.5. The average molecular weight is 931 g/mol. The quantitative estimate of drug-likeness (QED) is 0.128. The summed E-state index contributed by atoms with van der Waals surface area (Å²) in [6.45, 7) is 13.0. The van der Waals surface area contributed by atoms with Crippen molar-refractivity contribution in [3.63, 3.8) is 0 Å². The molecule has 0 aromatic rings. The number of cyclic esters (lactones) is 1. The SMILES string of the molecule is CCO[C@@H]1C[C@@H]([C@H](N)C[C@@H]2CC[C@@H](O)[C@H](OC)C2)OC(=O)[C@@H]2CCCCN2C(=O)C(=O)[C@]2(O)O[C@@H](CC[C@H]2C)C[C@H](OC)/C(C)=C/C=C/C=C/[C@@H](C)C[C@@H](C)C(=O)[C@H](O)[C@H](O)/C(C)=C/[C@H]1C. The highest BCUT2D eigenvalue weighted by molar-refractivity contribution is 6.39. The smallest absolute Gasteiger partial charge is 0.329 e. The van der Waals surface area contributed by atoms with Crippen molar-refractivity contribution in [2.24, 2.45) is 35.3 Å². The zero-order valence-corrected chi connectivity index (χ0v) is 41.0. The van der Waals surface area contributed by atoms with E-state index in [0.717, 1.165) is 5.57 Å². The first kappa shape index (κ1) is 55.5. The summed E-state index contributed by atoms with van der Waals surface area (Å²) in [5, 5.41) is 44.9. The maximum Gasteiger partial charge on any atom is 0.329 e. The van der Waals surface area contributed by atoms with Gasteiger partial charge in [0.1, 0.15) is 24.4 Å². The molecule has 3 fully saturated rings. The number of carbonyl (C=O) groups excluding carboxylic acids is 4. The number of piperidine rings is 1. The van der Waals surface area contributed by atoms with Crippen LogP contribution in [0.25, 0.3) is 0 Å². The summed E-state index contributed by atoms with van der Waals surface area (Å²) >= 11 is 0. The second-order valence-electron chi connectivity index (χ2n) is 19.7. The molecular weight excluding hydrogens is 849 g/mol. The van der Waals surface area contributed by atoms with Crippen molar-refractivity contribution in [1.29, 1.82) is 0 Å². The summed E-state index contributed by atoms with van der Waals surface area (Å²) in [4.78, 5) is 57.7. The number of amides is 1. The van der Waals surface area contributed by atoms with E-state index >= 15 is 0 Å². The van der Waals surface area contributed by atoms with Gasteiger partial charge in [-0.2, -0.15) is 0 Å². The number of fused-ring (bicyclic) bond motifs is 3. The molecule has 2 saturated heterocycles. The van der Waals surface area contributed by atoms with Crippen LogP contribution >= 0.6 is 0 Å². The molecule has 16 atom stereocenters. The fourth-order valence-corrected chi connectivity index (χ4v) is 10.2. The van der Waals surface area contributed by atoms with Crippen LogP contribution in [0.3, 0.4) is 0 Å². The first-order valence-electron chi connectivity index (χ1n) is 24.4. The Bertz CT molecular complexity index is 1730. The third-order valence-electron chi connectivity index (χ3n) is 14.5. The monoisotopic (exact) mass is 931 g/mol. The number of nitrogens with zero attached hydrogens (tertiary/aromatic N) is 1. The average Bonchev–Trinajstić information content (AvgIpc) is 3.29. The van der Waals surface area contributed by atoms with Crippen LogP contribution in [0.1, 0.15) is 126 Å². The molecule has 1 aliphatic carbocycles. The molecule has 0 aromatic carbocycles. The summed E-state index contributed by atoms with van der Waals surface area (Å²) < 4.78 is 30.2. The van der Waals surface area contributed by atoms with Crippen LogP contribution in [-0.4, -0.2) is 143 Å². The largest absolute Gasteiger partial charge is 0.459 e. The molecule has 0 radical (unpaired) electrons. The van der Waals surface area contributed by atoms with Crippen molar-refractivity contribution < 1.29 is 63.3 Å². The fourth-order valence-electron chi connectivity index (χ4n) is 10.2. The Labute approximate surface area is 393 Å². The highest BCUT2D eigenvalue weighted by atomic mass is 16.6. The van der Waals surface area contributed by atoms with Crippen LogP contribution in [0.4, 0.5) is 0 Å². The van der Waals surface area contributed by atoms with Gasteiger partial charge in [-0.15, -0.1) is 0 Å². The fraction of sp³-hybridized carbons (Fsp3) is 0.765. The Morgan fingerprint density at radius 1 is 0.848 bits per heavy atom. The molecule has 15 nitrogen and oxygen atoms in total. The predicted octanol–water partition coefficient (Wildman–Crippen LogP) is 5.05. The number of rotatable bonds is 7. The van der Waals surface area contributed by atoms with Gasteiger partial charge in [-0.3, -0.25) is 14.4 Å². The van der Waals surface area contributed by atoms with Crippen LogP contribution < -0.4 is 5.73 Å². The summed E-state index contributed by atoms with van der Waals surface area (Å²) in [5.74, 6) is -7.44. The third kappa shape index (κ3) is 14.7. The van der Waals surface area contributed by atoms with Crippen LogP contribution in [0.2, 0.25) is 0 Å². The molecule has 1 saturated carbocycles. The zero-order valence-electron chi connectivity index (χ0n) is 41.0. The van der Waals surface area contributed by atoms with Crippen molar-refractivity contribution in [3.8, 4) is 0 Å². The van der Waals surface area contributed by atoms with Crippen LogP contribution in [0.15, 0.2) is 47.6 Å². The van der Waals surface area contributed by atoms with Crippen molar-refractivity contribution in [1.82, 2.24) is 4.90 Å².